The average molecular weight is 293 g/mol. The van der Waals surface area contributed by atoms with Gasteiger partial charge in [-0.05, 0) is 44.2 Å². The molecule has 3 aromatic rings. The fourth-order valence-electron chi connectivity index (χ4n) is 2.61. The van der Waals surface area contributed by atoms with Crippen molar-refractivity contribution in [1.82, 2.24) is 15.0 Å². The van der Waals surface area contributed by atoms with Crippen molar-refractivity contribution in [2.75, 3.05) is 6.79 Å². The Morgan fingerprint density at radius 2 is 1.86 bits per heavy atom. The van der Waals surface area contributed by atoms with E-state index in [1.807, 2.05) is 50.2 Å². The van der Waals surface area contributed by atoms with Crippen molar-refractivity contribution in [3.63, 3.8) is 0 Å². The summed E-state index contributed by atoms with van der Waals surface area (Å²) in [5, 5.41) is 0. The molecule has 3 heterocycles. The summed E-state index contributed by atoms with van der Waals surface area (Å²) in [4.78, 5) is 12.5. The molecule has 0 saturated heterocycles. The van der Waals surface area contributed by atoms with Gasteiger partial charge in [0.15, 0.2) is 11.5 Å². The van der Waals surface area contributed by atoms with Gasteiger partial charge >= 0.3 is 0 Å². The summed E-state index contributed by atoms with van der Waals surface area (Å²) >= 11 is 0. The predicted molar refractivity (Wildman–Crippen MR) is 82.9 cm³/mol. The number of pyridine rings is 1. The van der Waals surface area contributed by atoms with Crippen molar-refractivity contribution in [2.45, 2.75) is 13.8 Å². The van der Waals surface area contributed by atoms with Crippen LogP contribution in [0.2, 0.25) is 0 Å². The van der Waals surface area contributed by atoms with E-state index < -0.39 is 0 Å². The number of fused-ring (bicyclic) bond motifs is 1. The fourth-order valence-corrected chi connectivity index (χ4v) is 2.61. The Bertz CT molecular complexity index is 855. The van der Waals surface area contributed by atoms with E-state index in [9.17, 15) is 0 Å². The van der Waals surface area contributed by atoms with Gasteiger partial charge in [0.25, 0.3) is 0 Å². The number of nitrogens with one attached hydrogen (secondary N) is 1. The molecule has 4 rings (SSSR count). The van der Waals surface area contributed by atoms with Crippen molar-refractivity contribution < 1.29 is 9.47 Å². The lowest BCUT2D eigenvalue weighted by Crippen LogP contribution is -1.92. The summed E-state index contributed by atoms with van der Waals surface area (Å²) in [5.74, 6) is 2.37. The summed E-state index contributed by atoms with van der Waals surface area (Å²) in [5.41, 5.74) is 4.62. The number of aryl methyl sites for hydroxylation is 2. The lowest BCUT2D eigenvalue weighted by Gasteiger charge is -2.04. The van der Waals surface area contributed by atoms with Crippen molar-refractivity contribution in [3.05, 3.63) is 47.9 Å². The number of imidazole rings is 1. The molecule has 5 nitrogen and oxygen atoms in total. The molecule has 0 fully saturated rings. The van der Waals surface area contributed by atoms with Crippen LogP contribution in [0.1, 0.15) is 11.5 Å². The minimum atomic E-state index is 0.269. The summed E-state index contributed by atoms with van der Waals surface area (Å²) in [6.45, 7) is 4.19. The molecule has 0 bridgehead atoms. The number of nitrogens with zero attached hydrogens (tertiary/aromatic N) is 2. The van der Waals surface area contributed by atoms with Gasteiger partial charge in [-0.3, -0.25) is 4.98 Å². The average Bonchev–Trinajstić information content (AvgIpc) is 3.12. The molecular weight excluding hydrogens is 278 g/mol. The van der Waals surface area contributed by atoms with Gasteiger partial charge in [-0.1, -0.05) is 6.07 Å². The molecular formula is C17H15N3O2. The molecule has 1 aliphatic heterocycles. The van der Waals surface area contributed by atoms with Crippen molar-refractivity contribution in [2.24, 2.45) is 0 Å². The monoisotopic (exact) mass is 293 g/mol. The number of rotatable bonds is 2. The zero-order chi connectivity index (χ0) is 15.1. The topological polar surface area (TPSA) is 60.0 Å². The first kappa shape index (κ1) is 12.9. The van der Waals surface area contributed by atoms with Crippen molar-refractivity contribution in [1.29, 1.82) is 0 Å². The molecule has 0 unspecified atom stereocenters. The van der Waals surface area contributed by atoms with Crippen LogP contribution in [0.3, 0.4) is 0 Å². The first-order valence-corrected chi connectivity index (χ1v) is 7.11. The molecule has 0 aliphatic carbocycles. The molecule has 5 heteroatoms. The lowest BCUT2D eigenvalue weighted by atomic mass is 10.1. The molecule has 2 aromatic heterocycles. The van der Waals surface area contributed by atoms with Gasteiger partial charge in [-0.2, -0.15) is 0 Å². The third-order valence-electron chi connectivity index (χ3n) is 3.61. The zero-order valence-electron chi connectivity index (χ0n) is 12.4. The Morgan fingerprint density at radius 3 is 2.73 bits per heavy atom. The second kappa shape index (κ2) is 4.87. The van der Waals surface area contributed by atoms with Gasteiger partial charge in [0.05, 0.1) is 17.1 Å². The summed E-state index contributed by atoms with van der Waals surface area (Å²) in [7, 11) is 0. The Morgan fingerprint density at radius 1 is 1.00 bits per heavy atom. The fraction of sp³-hybridized carbons (Fsp3) is 0.176. The van der Waals surface area contributed by atoms with Crippen LogP contribution >= 0.6 is 0 Å². The van der Waals surface area contributed by atoms with Gasteiger partial charge < -0.3 is 14.5 Å². The first-order valence-electron chi connectivity index (χ1n) is 7.11. The van der Waals surface area contributed by atoms with Crippen LogP contribution in [0.15, 0.2) is 36.4 Å². The summed E-state index contributed by atoms with van der Waals surface area (Å²) in [6.07, 6.45) is 0. The van der Waals surface area contributed by atoms with Crippen molar-refractivity contribution >= 4 is 0 Å². The number of hydrogen-bond acceptors (Lipinski definition) is 4. The Kier molecular flexibility index (Phi) is 2.85. The van der Waals surface area contributed by atoms with Crippen LogP contribution in [0.25, 0.3) is 22.6 Å². The molecule has 1 N–H and O–H groups in total. The van der Waals surface area contributed by atoms with Crippen LogP contribution in [-0.4, -0.2) is 21.7 Å². The van der Waals surface area contributed by atoms with Gasteiger partial charge in [-0.15, -0.1) is 0 Å². The molecule has 1 aliphatic rings. The van der Waals surface area contributed by atoms with Crippen molar-refractivity contribution in [3.8, 4) is 34.1 Å². The van der Waals surface area contributed by atoms with E-state index in [4.69, 9.17) is 9.47 Å². The van der Waals surface area contributed by atoms with Crippen LogP contribution < -0.4 is 9.47 Å². The molecule has 0 amide bonds. The largest absolute Gasteiger partial charge is 0.454 e. The van der Waals surface area contributed by atoms with E-state index >= 15 is 0 Å². The standard InChI is InChI=1S/C17H15N3O2/c1-10-4-3-5-13(18-10)17-16(19-11(2)20-17)12-6-7-14-15(8-12)22-9-21-14/h3-8H,9H2,1-2H3,(H,19,20). The predicted octanol–water partition coefficient (Wildman–Crippen LogP) is 3.48. The van der Waals surface area contributed by atoms with E-state index in [2.05, 4.69) is 15.0 Å². The van der Waals surface area contributed by atoms with Crippen LogP contribution in [0, 0.1) is 13.8 Å². The van der Waals surface area contributed by atoms with Gasteiger partial charge in [0, 0.05) is 11.3 Å². The van der Waals surface area contributed by atoms with E-state index in [0.29, 0.717) is 0 Å². The smallest absolute Gasteiger partial charge is 0.231 e. The van der Waals surface area contributed by atoms with Gasteiger partial charge in [0.2, 0.25) is 6.79 Å². The summed E-state index contributed by atoms with van der Waals surface area (Å²) < 4.78 is 10.8. The van der Waals surface area contributed by atoms with E-state index in [1.165, 1.54) is 0 Å². The first-order chi connectivity index (χ1) is 10.7. The highest BCUT2D eigenvalue weighted by molar-refractivity contribution is 5.78. The molecule has 1 aromatic carbocycles. The second-order valence-electron chi connectivity index (χ2n) is 5.28. The molecule has 0 saturated carbocycles. The van der Waals surface area contributed by atoms with E-state index in [1.54, 1.807) is 0 Å². The number of ether oxygens (including phenoxy) is 2. The molecule has 22 heavy (non-hydrogen) atoms. The highest BCUT2D eigenvalue weighted by atomic mass is 16.7. The zero-order valence-corrected chi connectivity index (χ0v) is 12.4. The Labute approximate surface area is 128 Å². The molecule has 0 radical (unpaired) electrons. The minimum absolute atomic E-state index is 0.269. The van der Waals surface area contributed by atoms with Gasteiger partial charge in [0.1, 0.15) is 5.82 Å². The lowest BCUT2D eigenvalue weighted by molar-refractivity contribution is 0.174. The molecule has 0 spiro atoms. The third-order valence-corrected chi connectivity index (χ3v) is 3.61. The third kappa shape index (κ3) is 2.11. The maximum absolute atomic E-state index is 5.46. The molecule has 110 valence electrons. The van der Waals surface area contributed by atoms with Crippen LogP contribution in [-0.2, 0) is 0 Å². The SMILES string of the molecule is Cc1cccc(-c2[nH]c(C)nc2-c2ccc3c(c2)OCO3)n1. The maximum atomic E-state index is 5.46. The second-order valence-corrected chi connectivity index (χ2v) is 5.28. The van der Waals surface area contributed by atoms with Crippen LogP contribution in [0.4, 0.5) is 0 Å². The number of aromatic amines is 1. The highest BCUT2D eigenvalue weighted by Gasteiger charge is 2.18. The quantitative estimate of drug-likeness (QED) is 0.785. The Hall–Kier alpha value is -2.82. The normalized spacial score (nSPS) is 12.6. The van der Waals surface area contributed by atoms with E-state index in [-0.39, 0.29) is 6.79 Å². The Balaban J connectivity index is 1.86. The maximum Gasteiger partial charge on any atom is 0.231 e. The number of hydrogen-bond donors (Lipinski definition) is 1. The number of aromatic nitrogens is 3. The molecule has 0 atom stereocenters. The van der Waals surface area contributed by atoms with E-state index in [0.717, 1.165) is 45.7 Å². The van der Waals surface area contributed by atoms with Gasteiger partial charge in [-0.25, -0.2) is 4.98 Å². The highest BCUT2D eigenvalue weighted by Crippen LogP contribution is 2.37. The van der Waals surface area contributed by atoms with Crippen LogP contribution in [0.5, 0.6) is 11.5 Å². The summed E-state index contributed by atoms with van der Waals surface area (Å²) in [6, 6.07) is 11.8. The minimum Gasteiger partial charge on any atom is -0.454 e. The number of H-pyrrole nitrogens is 1. The number of benzene rings is 1.